The highest BCUT2D eigenvalue weighted by Gasteiger charge is 2.23. The lowest BCUT2D eigenvalue weighted by atomic mass is 9.83. The number of ether oxygens (including phenoxy) is 1. The lowest BCUT2D eigenvalue weighted by molar-refractivity contribution is 0.112. The number of aromatic hydroxyl groups is 1. The van der Waals surface area contributed by atoms with Gasteiger partial charge in [-0.2, -0.15) is 0 Å². The predicted octanol–water partition coefficient (Wildman–Crippen LogP) is 3.57. The molecule has 0 unspecified atom stereocenters. The number of nitrogens with zero attached hydrogens (tertiary/aromatic N) is 1. The summed E-state index contributed by atoms with van der Waals surface area (Å²) in [5.74, 6) is 0.518. The smallest absolute Gasteiger partial charge is 0.218 e. The first-order chi connectivity index (χ1) is 9.88. The fraction of sp³-hybridized carbons (Fsp3) is 0.294. The molecule has 0 radical (unpaired) electrons. The van der Waals surface area contributed by atoms with Crippen LogP contribution in [0.15, 0.2) is 30.5 Å². The summed E-state index contributed by atoms with van der Waals surface area (Å²) < 4.78 is 5.41. The SMILES string of the molecule is COc1c(C=O)cc(-c2cccnc2O)cc1C(C)(C)C. The third kappa shape index (κ3) is 2.89. The molecular weight excluding hydrogens is 266 g/mol. The molecule has 21 heavy (non-hydrogen) atoms. The fourth-order valence-electron chi connectivity index (χ4n) is 2.30. The molecule has 110 valence electrons. The van der Waals surface area contributed by atoms with E-state index in [1.165, 1.54) is 6.20 Å². The highest BCUT2D eigenvalue weighted by molar-refractivity contribution is 5.85. The van der Waals surface area contributed by atoms with E-state index in [0.29, 0.717) is 16.9 Å². The number of aldehydes is 1. The van der Waals surface area contributed by atoms with Gasteiger partial charge in [-0.25, -0.2) is 4.98 Å². The van der Waals surface area contributed by atoms with Crippen LogP contribution in [0, 0.1) is 0 Å². The van der Waals surface area contributed by atoms with Crippen LogP contribution in [0.1, 0.15) is 36.7 Å². The predicted molar refractivity (Wildman–Crippen MR) is 82.0 cm³/mol. The number of carbonyl (C=O) groups excluding carboxylic acids is 1. The third-order valence-electron chi connectivity index (χ3n) is 3.35. The van der Waals surface area contributed by atoms with Crippen molar-refractivity contribution < 1.29 is 14.6 Å². The molecule has 0 aliphatic heterocycles. The molecule has 0 atom stereocenters. The Bertz CT molecular complexity index is 672. The van der Waals surface area contributed by atoms with Crippen molar-refractivity contribution in [1.82, 2.24) is 4.98 Å². The number of carbonyl (C=O) groups is 1. The maximum Gasteiger partial charge on any atom is 0.218 e. The molecule has 4 heteroatoms. The number of pyridine rings is 1. The minimum absolute atomic E-state index is 0.0561. The summed E-state index contributed by atoms with van der Waals surface area (Å²) in [5, 5.41) is 9.92. The van der Waals surface area contributed by atoms with Crippen molar-refractivity contribution in [3.05, 3.63) is 41.6 Å². The van der Waals surface area contributed by atoms with Crippen LogP contribution in [0.25, 0.3) is 11.1 Å². The van der Waals surface area contributed by atoms with Crippen LogP contribution in [0.4, 0.5) is 0 Å². The van der Waals surface area contributed by atoms with Gasteiger partial charge in [0.15, 0.2) is 6.29 Å². The van der Waals surface area contributed by atoms with Gasteiger partial charge in [0, 0.05) is 17.3 Å². The number of benzene rings is 1. The van der Waals surface area contributed by atoms with Gasteiger partial charge in [0.2, 0.25) is 5.88 Å². The summed E-state index contributed by atoms with van der Waals surface area (Å²) in [6.45, 7) is 6.14. The zero-order valence-corrected chi connectivity index (χ0v) is 12.7. The van der Waals surface area contributed by atoms with Gasteiger partial charge in [-0.3, -0.25) is 4.79 Å². The number of hydrogen-bond donors (Lipinski definition) is 1. The molecule has 1 aromatic carbocycles. The zero-order valence-electron chi connectivity index (χ0n) is 12.7. The van der Waals surface area contributed by atoms with E-state index < -0.39 is 0 Å². The van der Waals surface area contributed by atoms with E-state index >= 15 is 0 Å². The molecule has 0 aliphatic carbocycles. The number of methoxy groups -OCH3 is 1. The Morgan fingerprint density at radius 3 is 2.52 bits per heavy atom. The monoisotopic (exact) mass is 285 g/mol. The minimum atomic E-state index is -0.197. The van der Waals surface area contributed by atoms with Gasteiger partial charge in [-0.1, -0.05) is 20.8 Å². The van der Waals surface area contributed by atoms with Crippen LogP contribution < -0.4 is 4.74 Å². The Morgan fingerprint density at radius 1 is 1.29 bits per heavy atom. The normalized spacial score (nSPS) is 11.2. The molecule has 0 amide bonds. The first-order valence-electron chi connectivity index (χ1n) is 6.70. The van der Waals surface area contributed by atoms with E-state index in [2.05, 4.69) is 4.98 Å². The summed E-state index contributed by atoms with van der Waals surface area (Å²) in [4.78, 5) is 15.3. The Morgan fingerprint density at radius 2 is 2.00 bits per heavy atom. The molecule has 0 saturated heterocycles. The van der Waals surface area contributed by atoms with Gasteiger partial charge in [0.1, 0.15) is 5.75 Å². The van der Waals surface area contributed by atoms with Crippen LogP contribution in [-0.2, 0) is 5.41 Å². The number of aromatic nitrogens is 1. The first-order valence-corrected chi connectivity index (χ1v) is 6.70. The van der Waals surface area contributed by atoms with Crippen molar-refractivity contribution >= 4 is 6.29 Å². The van der Waals surface area contributed by atoms with Crippen molar-refractivity contribution in [2.24, 2.45) is 0 Å². The van der Waals surface area contributed by atoms with Crippen molar-refractivity contribution in [2.75, 3.05) is 7.11 Å². The molecule has 1 aromatic heterocycles. The Balaban J connectivity index is 2.76. The van der Waals surface area contributed by atoms with E-state index in [4.69, 9.17) is 4.74 Å². The molecule has 2 rings (SSSR count). The van der Waals surface area contributed by atoms with Crippen molar-refractivity contribution in [1.29, 1.82) is 0 Å². The summed E-state index contributed by atoms with van der Waals surface area (Å²) >= 11 is 0. The maximum atomic E-state index is 11.4. The van der Waals surface area contributed by atoms with Crippen LogP contribution >= 0.6 is 0 Å². The standard InChI is InChI=1S/C17H19NO3/c1-17(2,3)14-9-11(8-12(10-19)15(14)21-4)13-6-5-7-18-16(13)20/h5-10H,1-4H3,(H,18,20). The minimum Gasteiger partial charge on any atom is -0.496 e. The van der Waals surface area contributed by atoms with E-state index in [-0.39, 0.29) is 11.3 Å². The summed E-state index contributed by atoms with van der Waals surface area (Å²) in [6.07, 6.45) is 2.29. The molecule has 4 nitrogen and oxygen atoms in total. The topological polar surface area (TPSA) is 59.4 Å². The van der Waals surface area contributed by atoms with Crippen molar-refractivity contribution in [3.63, 3.8) is 0 Å². The van der Waals surface area contributed by atoms with Crippen LogP contribution in [-0.4, -0.2) is 23.5 Å². The second kappa shape index (κ2) is 5.56. The summed E-state index contributed by atoms with van der Waals surface area (Å²) in [6, 6.07) is 7.15. The second-order valence-corrected chi connectivity index (χ2v) is 5.89. The quantitative estimate of drug-likeness (QED) is 0.876. The first kappa shape index (κ1) is 15.0. The average molecular weight is 285 g/mol. The van der Waals surface area contributed by atoms with E-state index in [1.54, 1.807) is 25.3 Å². The van der Waals surface area contributed by atoms with Gasteiger partial charge in [0.05, 0.1) is 12.7 Å². The molecular formula is C17H19NO3. The Labute approximate surface area is 124 Å². The molecule has 0 fully saturated rings. The van der Waals surface area contributed by atoms with E-state index in [9.17, 15) is 9.90 Å². The van der Waals surface area contributed by atoms with Crippen molar-refractivity contribution in [2.45, 2.75) is 26.2 Å². The second-order valence-electron chi connectivity index (χ2n) is 5.89. The van der Waals surface area contributed by atoms with Gasteiger partial charge in [-0.05, 0) is 35.2 Å². The van der Waals surface area contributed by atoms with Gasteiger partial charge in [-0.15, -0.1) is 0 Å². The lowest BCUT2D eigenvalue weighted by Crippen LogP contribution is -2.14. The highest BCUT2D eigenvalue weighted by Crippen LogP contribution is 2.38. The van der Waals surface area contributed by atoms with Gasteiger partial charge >= 0.3 is 0 Å². The summed E-state index contributed by atoms with van der Waals surface area (Å²) in [7, 11) is 1.55. The zero-order chi connectivity index (χ0) is 15.6. The fourth-order valence-corrected chi connectivity index (χ4v) is 2.30. The molecule has 0 aliphatic rings. The number of rotatable bonds is 3. The molecule has 1 heterocycles. The molecule has 1 N–H and O–H groups in total. The van der Waals surface area contributed by atoms with Crippen molar-refractivity contribution in [3.8, 4) is 22.8 Å². The molecule has 0 bridgehead atoms. The van der Waals surface area contributed by atoms with E-state index in [1.807, 2.05) is 26.8 Å². The van der Waals surface area contributed by atoms with Gasteiger partial charge in [0.25, 0.3) is 0 Å². The van der Waals surface area contributed by atoms with Crippen LogP contribution in [0.3, 0.4) is 0 Å². The third-order valence-corrected chi connectivity index (χ3v) is 3.35. The van der Waals surface area contributed by atoms with Crippen LogP contribution in [0.2, 0.25) is 0 Å². The maximum absolute atomic E-state index is 11.4. The summed E-state index contributed by atoms with van der Waals surface area (Å²) in [5.41, 5.74) is 2.51. The number of hydrogen-bond acceptors (Lipinski definition) is 4. The molecule has 0 saturated carbocycles. The molecule has 2 aromatic rings. The Kier molecular flexibility index (Phi) is 3.98. The lowest BCUT2D eigenvalue weighted by Gasteiger charge is -2.24. The average Bonchev–Trinajstić information content (AvgIpc) is 2.45. The molecule has 0 spiro atoms. The Hall–Kier alpha value is -2.36. The largest absolute Gasteiger partial charge is 0.496 e. The van der Waals surface area contributed by atoms with Gasteiger partial charge < -0.3 is 9.84 Å². The highest BCUT2D eigenvalue weighted by atomic mass is 16.5. The van der Waals surface area contributed by atoms with E-state index in [0.717, 1.165) is 17.4 Å². The van der Waals surface area contributed by atoms with Crippen LogP contribution in [0.5, 0.6) is 11.6 Å².